The normalized spacial score (nSPS) is 10.8. The Morgan fingerprint density at radius 1 is 0.698 bits per heavy atom. The number of hydrogen-bond donors (Lipinski definition) is 2. The summed E-state index contributed by atoms with van der Waals surface area (Å²) < 4.78 is 37.5. The Bertz CT molecular complexity index is 1510. The number of allylic oxidation sites excluding steroid dienone is 1. The zero-order valence-corrected chi connectivity index (χ0v) is 25.6. The van der Waals surface area contributed by atoms with Crippen molar-refractivity contribution in [3.63, 3.8) is 0 Å². The van der Waals surface area contributed by atoms with Crippen LogP contribution in [0, 0.1) is 0 Å². The van der Waals surface area contributed by atoms with E-state index in [9.17, 15) is 9.59 Å². The molecule has 0 saturated heterocycles. The molecular formula is C31H33ClN2O9. The fraction of sp³-hybridized carbons (Fsp3) is 0.226. The molecule has 43 heavy (non-hydrogen) atoms. The maximum Gasteiger partial charge on any atom is 0.248 e. The van der Waals surface area contributed by atoms with Crippen molar-refractivity contribution < 1.29 is 42.7 Å². The fourth-order valence-corrected chi connectivity index (χ4v) is 4.35. The number of ether oxygens (including phenoxy) is 7. The first-order valence-electron chi connectivity index (χ1n) is 12.7. The van der Waals surface area contributed by atoms with E-state index in [1.165, 1.54) is 74.2 Å². The largest absolute Gasteiger partial charge is 0.496 e. The molecule has 3 aromatic carbocycles. The van der Waals surface area contributed by atoms with Crippen LogP contribution < -0.4 is 43.8 Å². The van der Waals surface area contributed by atoms with E-state index in [0.29, 0.717) is 39.9 Å². The molecule has 12 heteroatoms. The summed E-state index contributed by atoms with van der Waals surface area (Å²) in [6.07, 6.45) is 5.64. The smallest absolute Gasteiger partial charge is 0.248 e. The Hall–Kier alpha value is -5.03. The number of carbonyl (C=O) groups is 2. The molecule has 0 radical (unpaired) electrons. The molecule has 0 aliphatic carbocycles. The molecular weight excluding hydrogens is 580 g/mol. The predicted octanol–water partition coefficient (Wildman–Crippen LogP) is 5.86. The lowest BCUT2D eigenvalue weighted by Crippen LogP contribution is -2.08. The van der Waals surface area contributed by atoms with E-state index in [1.807, 2.05) is 0 Å². The number of rotatable bonds is 14. The minimum atomic E-state index is -0.422. The van der Waals surface area contributed by atoms with Crippen molar-refractivity contribution in [2.45, 2.75) is 0 Å². The maximum absolute atomic E-state index is 13.0. The summed E-state index contributed by atoms with van der Waals surface area (Å²) in [4.78, 5) is 25.8. The lowest BCUT2D eigenvalue weighted by Gasteiger charge is -2.15. The summed E-state index contributed by atoms with van der Waals surface area (Å²) in [7, 11) is 10.4. The number of carbonyl (C=O) groups excluding carboxylic acids is 2. The van der Waals surface area contributed by atoms with Gasteiger partial charge in [-0.25, -0.2) is 0 Å². The molecule has 11 nitrogen and oxygen atoms in total. The van der Waals surface area contributed by atoms with Crippen LogP contribution in [0.1, 0.15) is 15.9 Å². The average molecular weight is 613 g/mol. The first-order valence-corrected chi connectivity index (χ1v) is 13.1. The van der Waals surface area contributed by atoms with Crippen molar-refractivity contribution in [1.29, 1.82) is 0 Å². The fourth-order valence-electron chi connectivity index (χ4n) is 4.04. The first-order chi connectivity index (χ1) is 20.7. The lowest BCUT2D eigenvalue weighted by molar-refractivity contribution is -0.111. The van der Waals surface area contributed by atoms with Crippen LogP contribution in [0.25, 0.3) is 6.08 Å². The van der Waals surface area contributed by atoms with Crippen molar-refractivity contribution in [2.75, 3.05) is 60.4 Å². The number of nitrogens with one attached hydrogen (secondary N) is 2. The average Bonchev–Trinajstić information content (AvgIpc) is 3.02. The number of anilines is 2. The van der Waals surface area contributed by atoms with Crippen molar-refractivity contribution in [1.82, 2.24) is 0 Å². The number of amides is 1. The van der Waals surface area contributed by atoms with Gasteiger partial charge in [0.1, 0.15) is 23.0 Å². The van der Waals surface area contributed by atoms with Crippen LogP contribution in [0.2, 0.25) is 5.02 Å². The molecule has 0 spiro atoms. The maximum atomic E-state index is 13.0. The Kier molecular flexibility index (Phi) is 11.5. The standard InChI is InChI=1S/C31H33ClN2O9/c1-37-19-15-25(39-3)20(26(16-19)40-4)9-11-28(36)34-18-8-10-24(38-2)22(14-18)33-13-12-23(35)21-17-27(41-5)30(42-6)31(43-7)29(21)32/h8-17,33H,1-7H3,(H,34,36)/b11-9+,13-12-. The topological polar surface area (TPSA) is 123 Å². The van der Waals surface area contributed by atoms with E-state index < -0.39 is 11.7 Å². The molecule has 0 aliphatic rings. The second-order valence-electron chi connectivity index (χ2n) is 8.53. The van der Waals surface area contributed by atoms with E-state index in [-0.39, 0.29) is 27.8 Å². The number of benzene rings is 3. The summed E-state index contributed by atoms with van der Waals surface area (Å²) in [5.41, 5.74) is 1.68. The van der Waals surface area contributed by atoms with Gasteiger partial charge in [-0.05, 0) is 30.3 Å². The Morgan fingerprint density at radius 2 is 1.33 bits per heavy atom. The third-order valence-corrected chi connectivity index (χ3v) is 6.51. The van der Waals surface area contributed by atoms with Crippen LogP contribution in [0.5, 0.6) is 40.2 Å². The quantitative estimate of drug-likeness (QED) is 0.169. The number of ketones is 1. The second-order valence-corrected chi connectivity index (χ2v) is 8.91. The minimum absolute atomic E-state index is 0.0787. The lowest BCUT2D eigenvalue weighted by atomic mass is 10.1. The number of methoxy groups -OCH3 is 7. The summed E-state index contributed by atoms with van der Waals surface area (Å²) in [6, 6.07) is 9.85. The highest BCUT2D eigenvalue weighted by molar-refractivity contribution is 6.36. The van der Waals surface area contributed by atoms with Crippen molar-refractivity contribution in [2.24, 2.45) is 0 Å². The van der Waals surface area contributed by atoms with Crippen LogP contribution in [-0.2, 0) is 4.79 Å². The zero-order valence-electron chi connectivity index (χ0n) is 24.8. The van der Waals surface area contributed by atoms with Gasteiger partial charge < -0.3 is 43.8 Å². The predicted molar refractivity (Wildman–Crippen MR) is 165 cm³/mol. The van der Waals surface area contributed by atoms with Gasteiger partial charge in [-0.1, -0.05) is 11.6 Å². The van der Waals surface area contributed by atoms with Gasteiger partial charge in [0, 0.05) is 41.7 Å². The third kappa shape index (κ3) is 7.63. The van der Waals surface area contributed by atoms with E-state index in [2.05, 4.69) is 10.6 Å². The summed E-state index contributed by atoms with van der Waals surface area (Å²) in [5, 5.41) is 5.88. The van der Waals surface area contributed by atoms with Crippen molar-refractivity contribution in [3.8, 4) is 40.2 Å². The minimum Gasteiger partial charge on any atom is -0.496 e. The molecule has 2 N–H and O–H groups in total. The Morgan fingerprint density at radius 3 is 1.88 bits per heavy atom. The van der Waals surface area contributed by atoms with E-state index >= 15 is 0 Å². The molecule has 0 bridgehead atoms. The van der Waals surface area contributed by atoms with Gasteiger partial charge in [-0.3, -0.25) is 9.59 Å². The van der Waals surface area contributed by atoms with Crippen LogP contribution in [0.4, 0.5) is 11.4 Å². The molecule has 0 saturated carbocycles. The van der Waals surface area contributed by atoms with Crippen LogP contribution in [0.15, 0.2) is 54.8 Å². The number of halogens is 1. The van der Waals surface area contributed by atoms with E-state index in [1.54, 1.807) is 36.4 Å². The highest BCUT2D eigenvalue weighted by Gasteiger charge is 2.22. The van der Waals surface area contributed by atoms with Gasteiger partial charge in [0.25, 0.3) is 0 Å². The highest BCUT2D eigenvalue weighted by Crippen LogP contribution is 2.45. The Balaban J connectivity index is 1.79. The third-order valence-electron chi connectivity index (χ3n) is 6.13. The molecule has 3 aromatic rings. The summed E-state index contributed by atoms with van der Waals surface area (Å²) >= 11 is 6.42. The highest BCUT2D eigenvalue weighted by atomic mass is 35.5. The molecule has 0 aliphatic heterocycles. The Labute approximate surface area is 254 Å². The van der Waals surface area contributed by atoms with Crippen LogP contribution >= 0.6 is 11.6 Å². The molecule has 0 fully saturated rings. The molecule has 1 amide bonds. The van der Waals surface area contributed by atoms with E-state index in [0.717, 1.165) is 0 Å². The van der Waals surface area contributed by atoms with Crippen molar-refractivity contribution >= 4 is 40.7 Å². The van der Waals surface area contributed by atoms with Crippen LogP contribution in [0.3, 0.4) is 0 Å². The second kappa shape index (κ2) is 15.3. The van der Waals surface area contributed by atoms with Gasteiger partial charge in [-0.2, -0.15) is 0 Å². The van der Waals surface area contributed by atoms with Gasteiger partial charge in [0.05, 0.1) is 66.0 Å². The van der Waals surface area contributed by atoms with Crippen molar-refractivity contribution in [3.05, 3.63) is 70.9 Å². The first kappa shape index (κ1) is 32.5. The van der Waals surface area contributed by atoms with E-state index in [4.69, 9.17) is 44.8 Å². The molecule has 3 rings (SSSR count). The molecule has 0 atom stereocenters. The molecule has 0 heterocycles. The summed E-state index contributed by atoms with van der Waals surface area (Å²) in [6.45, 7) is 0. The van der Waals surface area contributed by atoms with Gasteiger partial charge in [0.15, 0.2) is 17.3 Å². The number of hydrogen-bond acceptors (Lipinski definition) is 10. The van der Waals surface area contributed by atoms with Gasteiger partial charge in [0.2, 0.25) is 11.7 Å². The van der Waals surface area contributed by atoms with Gasteiger partial charge >= 0.3 is 0 Å². The zero-order chi connectivity index (χ0) is 31.5. The molecule has 0 aromatic heterocycles. The van der Waals surface area contributed by atoms with Crippen LogP contribution in [-0.4, -0.2) is 61.5 Å². The molecule has 0 unspecified atom stereocenters. The summed E-state index contributed by atoms with van der Waals surface area (Å²) in [5.74, 6) is 1.89. The SMILES string of the molecule is COc1cc(OC)c(/C=C/C(=O)Nc2ccc(OC)c(N/C=C\C(=O)c3cc(OC)c(OC)c(OC)c3Cl)c2)c(OC)c1. The van der Waals surface area contributed by atoms with Gasteiger partial charge in [-0.15, -0.1) is 0 Å². The monoisotopic (exact) mass is 612 g/mol. The molecule has 228 valence electrons.